The number of benzene rings is 1. The normalized spacial score (nSPS) is 11.6. The first-order valence-electron chi connectivity index (χ1n) is 4.53. The molecule has 0 fully saturated rings. The number of nitrogens with two attached hydrogens (primary N) is 1. The first-order valence-corrected chi connectivity index (χ1v) is 6.19. The highest BCUT2D eigenvalue weighted by molar-refractivity contribution is 7.91. The van der Waals surface area contributed by atoms with Crippen LogP contribution in [0.3, 0.4) is 0 Å². The molecule has 0 saturated carbocycles. The SMILES string of the molecule is CCS(=O)(=O)c1ccc(CN)c(C)c1. The van der Waals surface area contributed by atoms with E-state index in [4.69, 9.17) is 5.73 Å². The van der Waals surface area contributed by atoms with Gasteiger partial charge in [0.05, 0.1) is 10.6 Å². The molecule has 3 nitrogen and oxygen atoms in total. The van der Waals surface area contributed by atoms with Crippen molar-refractivity contribution in [3.63, 3.8) is 0 Å². The van der Waals surface area contributed by atoms with Gasteiger partial charge in [-0.15, -0.1) is 0 Å². The Labute approximate surface area is 84.9 Å². The van der Waals surface area contributed by atoms with Gasteiger partial charge in [0.2, 0.25) is 0 Å². The van der Waals surface area contributed by atoms with E-state index in [1.807, 2.05) is 6.92 Å². The van der Waals surface area contributed by atoms with Gasteiger partial charge < -0.3 is 5.73 Å². The van der Waals surface area contributed by atoms with Gasteiger partial charge in [0.1, 0.15) is 0 Å². The molecular formula is C10H15NO2S. The molecule has 0 aliphatic heterocycles. The number of rotatable bonds is 3. The number of hydrogen-bond donors (Lipinski definition) is 1. The van der Waals surface area contributed by atoms with E-state index in [-0.39, 0.29) is 5.75 Å². The van der Waals surface area contributed by atoms with Crippen LogP contribution in [0.5, 0.6) is 0 Å². The van der Waals surface area contributed by atoms with Gasteiger partial charge in [-0.05, 0) is 30.2 Å². The summed E-state index contributed by atoms with van der Waals surface area (Å²) in [6.07, 6.45) is 0. The van der Waals surface area contributed by atoms with Crippen LogP contribution in [-0.4, -0.2) is 14.2 Å². The lowest BCUT2D eigenvalue weighted by molar-refractivity contribution is 0.597. The van der Waals surface area contributed by atoms with E-state index >= 15 is 0 Å². The Morgan fingerprint density at radius 3 is 2.43 bits per heavy atom. The van der Waals surface area contributed by atoms with Gasteiger partial charge in [-0.25, -0.2) is 8.42 Å². The zero-order valence-corrected chi connectivity index (χ0v) is 9.26. The van der Waals surface area contributed by atoms with Gasteiger partial charge >= 0.3 is 0 Å². The maximum absolute atomic E-state index is 11.5. The van der Waals surface area contributed by atoms with Gasteiger partial charge in [-0.3, -0.25) is 0 Å². The van der Waals surface area contributed by atoms with E-state index in [1.165, 1.54) is 0 Å². The molecule has 0 aliphatic carbocycles. The van der Waals surface area contributed by atoms with E-state index in [9.17, 15) is 8.42 Å². The molecule has 0 bridgehead atoms. The molecule has 4 heteroatoms. The lowest BCUT2D eigenvalue weighted by atomic mass is 10.1. The molecule has 0 saturated heterocycles. The highest BCUT2D eigenvalue weighted by Crippen LogP contribution is 2.16. The zero-order valence-electron chi connectivity index (χ0n) is 8.45. The fourth-order valence-corrected chi connectivity index (χ4v) is 2.22. The van der Waals surface area contributed by atoms with E-state index < -0.39 is 9.84 Å². The van der Waals surface area contributed by atoms with E-state index in [0.717, 1.165) is 11.1 Å². The quantitative estimate of drug-likeness (QED) is 0.822. The van der Waals surface area contributed by atoms with Crippen LogP contribution in [0.25, 0.3) is 0 Å². The van der Waals surface area contributed by atoms with Gasteiger partial charge in [-0.1, -0.05) is 13.0 Å². The summed E-state index contributed by atoms with van der Waals surface area (Å²) < 4.78 is 23.0. The summed E-state index contributed by atoms with van der Waals surface area (Å²) >= 11 is 0. The monoisotopic (exact) mass is 213 g/mol. The third-order valence-corrected chi connectivity index (χ3v) is 4.01. The van der Waals surface area contributed by atoms with Crippen molar-refractivity contribution >= 4 is 9.84 Å². The highest BCUT2D eigenvalue weighted by atomic mass is 32.2. The molecular weight excluding hydrogens is 198 g/mol. The summed E-state index contributed by atoms with van der Waals surface area (Å²) in [6.45, 7) is 3.96. The Kier molecular flexibility index (Phi) is 3.29. The first-order chi connectivity index (χ1) is 6.51. The predicted octanol–water partition coefficient (Wildman–Crippen LogP) is 1.25. The molecule has 1 rings (SSSR count). The predicted molar refractivity (Wildman–Crippen MR) is 56.8 cm³/mol. The van der Waals surface area contributed by atoms with Gasteiger partial charge in [0.25, 0.3) is 0 Å². The van der Waals surface area contributed by atoms with Gasteiger partial charge in [-0.2, -0.15) is 0 Å². The molecule has 0 aromatic heterocycles. The van der Waals surface area contributed by atoms with Crippen molar-refractivity contribution in [2.75, 3.05) is 5.75 Å². The molecule has 14 heavy (non-hydrogen) atoms. The smallest absolute Gasteiger partial charge is 0.178 e. The molecule has 0 spiro atoms. The van der Waals surface area contributed by atoms with E-state index in [0.29, 0.717) is 11.4 Å². The van der Waals surface area contributed by atoms with Crippen LogP contribution in [0.15, 0.2) is 23.1 Å². The summed E-state index contributed by atoms with van der Waals surface area (Å²) in [5.74, 6) is 0.133. The summed E-state index contributed by atoms with van der Waals surface area (Å²) in [6, 6.07) is 5.08. The van der Waals surface area contributed by atoms with Crippen LogP contribution in [-0.2, 0) is 16.4 Å². The van der Waals surface area contributed by atoms with Crippen LogP contribution in [0.1, 0.15) is 18.1 Å². The molecule has 0 atom stereocenters. The van der Waals surface area contributed by atoms with Crippen LogP contribution in [0.2, 0.25) is 0 Å². The average Bonchev–Trinajstić information content (AvgIpc) is 2.17. The molecule has 0 amide bonds. The second-order valence-electron chi connectivity index (χ2n) is 3.20. The molecule has 1 aromatic rings. The lowest BCUT2D eigenvalue weighted by Crippen LogP contribution is -2.06. The van der Waals surface area contributed by atoms with Gasteiger partial charge in [0.15, 0.2) is 9.84 Å². The summed E-state index contributed by atoms with van der Waals surface area (Å²) in [7, 11) is -3.09. The fraction of sp³-hybridized carbons (Fsp3) is 0.400. The van der Waals surface area contributed by atoms with Crippen LogP contribution in [0, 0.1) is 6.92 Å². The number of sulfone groups is 1. The number of hydrogen-bond acceptors (Lipinski definition) is 3. The summed E-state index contributed by atoms with van der Waals surface area (Å²) in [4.78, 5) is 0.384. The third kappa shape index (κ3) is 2.13. The van der Waals surface area contributed by atoms with E-state index in [1.54, 1.807) is 25.1 Å². The Morgan fingerprint density at radius 2 is 2.00 bits per heavy atom. The first kappa shape index (κ1) is 11.2. The Hall–Kier alpha value is -0.870. The average molecular weight is 213 g/mol. The van der Waals surface area contributed by atoms with Crippen molar-refractivity contribution in [3.05, 3.63) is 29.3 Å². The van der Waals surface area contributed by atoms with Crippen LogP contribution in [0.4, 0.5) is 0 Å². The van der Waals surface area contributed by atoms with Crippen molar-refractivity contribution < 1.29 is 8.42 Å². The van der Waals surface area contributed by atoms with Crippen molar-refractivity contribution in [2.45, 2.75) is 25.3 Å². The topological polar surface area (TPSA) is 60.2 Å². The standard InChI is InChI=1S/C10H15NO2S/c1-3-14(12,13)10-5-4-9(7-11)8(2)6-10/h4-6H,3,7,11H2,1-2H3. The molecule has 2 N–H and O–H groups in total. The highest BCUT2D eigenvalue weighted by Gasteiger charge is 2.11. The fourth-order valence-electron chi connectivity index (χ4n) is 1.26. The molecule has 1 aromatic carbocycles. The second-order valence-corrected chi connectivity index (χ2v) is 5.47. The zero-order chi connectivity index (χ0) is 10.8. The van der Waals surface area contributed by atoms with Crippen molar-refractivity contribution in [2.24, 2.45) is 5.73 Å². The molecule has 0 unspecified atom stereocenters. The second kappa shape index (κ2) is 4.11. The largest absolute Gasteiger partial charge is 0.326 e. The molecule has 0 aliphatic rings. The molecule has 0 heterocycles. The minimum atomic E-state index is -3.09. The Bertz CT molecular complexity index is 424. The molecule has 0 radical (unpaired) electrons. The lowest BCUT2D eigenvalue weighted by Gasteiger charge is -2.06. The van der Waals surface area contributed by atoms with Crippen molar-refractivity contribution in [1.82, 2.24) is 0 Å². The minimum Gasteiger partial charge on any atom is -0.326 e. The minimum absolute atomic E-state index is 0.133. The summed E-state index contributed by atoms with van der Waals surface area (Å²) in [5.41, 5.74) is 7.41. The van der Waals surface area contributed by atoms with Crippen molar-refractivity contribution in [3.8, 4) is 0 Å². The van der Waals surface area contributed by atoms with Gasteiger partial charge in [0, 0.05) is 6.54 Å². The maximum Gasteiger partial charge on any atom is 0.178 e. The Balaban J connectivity index is 3.22. The molecule has 78 valence electrons. The van der Waals surface area contributed by atoms with E-state index in [2.05, 4.69) is 0 Å². The Morgan fingerprint density at radius 1 is 1.36 bits per heavy atom. The van der Waals surface area contributed by atoms with Crippen LogP contribution < -0.4 is 5.73 Å². The van der Waals surface area contributed by atoms with Crippen molar-refractivity contribution in [1.29, 1.82) is 0 Å². The van der Waals surface area contributed by atoms with Crippen LogP contribution >= 0.6 is 0 Å². The summed E-state index contributed by atoms with van der Waals surface area (Å²) in [5, 5.41) is 0. The third-order valence-electron chi connectivity index (χ3n) is 2.27. The number of aryl methyl sites for hydroxylation is 1. The maximum atomic E-state index is 11.5.